The third-order valence-electron chi connectivity index (χ3n) is 3.13. The molecule has 0 amide bonds. The average molecular weight is 318 g/mol. The molecule has 1 fully saturated rings. The molecule has 1 atom stereocenters. The molecule has 17 heavy (non-hydrogen) atoms. The first kappa shape index (κ1) is 13.3. The van der Waals surface area contributed by atoms with Gasteiger partial charge in [0.1, 0.15) is 0 Å². The maximum atomic E-state index is 6.09. The van der Waals surface area contributed by atoms with Crippen LogP contribution in [0.25, 0.3) is 0 Å². The molecule has 1 N–H and O–H groups in total. The number of nitrogens with zero attached hydrogens (tertiary/aromatic N) is 1. The van der Waals surface area contributed by atoms with Crippen molar-refractivity contribution in [3.63, 3.8) is 0 Å². The predicted molar refractivity (Wildman–Crippen MR) is 76.5 cm³/mol. The number of nitrogens with one attached hydrogen (secondary N) is 1. The van der Waals surface area contributed by atoms with Crippen molar-refractivity contribution < 1.29 is 0 Å². The van der Waals surface area contributed by atoms with Crippen molar-refractivity contribution >= 4 is 27.5 Å². The molecule has 0 spiro atoms. The quantitative estimate of drug-likeness (QED) is 0.917. The van der Waals surface area contributed by atoms with Crippen LogP contribution in [0.2, 0.25) is 5.02 Å². The van der Waals surface area contributed by atoms with Gasteiger partial charge in [-0.1, -0.05) is 17.7 Å². The summed E-state index contributed by atoms with van der Waals surface area (Å²) >= 11 is 9.50. The number of rotatable bonds is 4. The van der Waals surface area contributed by atoms with Gasteiger partial charge in [-0.15, -0.1) is 0 Å². The molecule has 4 heteroatoms. The summed E-state index contributed by atoms with van der Waals surface area (Å²) in [6.07, 6.45) is 2.61. The molecular weight excluding hydrogens is 300 g/mol. The van der Waals surface area contributed by atoms with E-state index in [0.29, 0.717) is 6.04 Å². The fourth-order valence-electron chi connectivity index (χ4n) is 2.30. The Kier molecular flexibility index (Phi) is 4.86. The Balaban J connectivity index is 1.88. The minimum Gasteiger partial charge on any atom is -0.313 e. The van der Waals surface area contributed by atoms with E-state index in [1.54, 1.807) is 0 Å². The van der Waals surface area contributed by atoms with Crippen LogP contribution >= 0.6 is 27.5 Å². The molecule has 1 saturated heterocycles. The van der Waals surface area contributed by atoms with Crippen molar-refractivity contribution in [3.8, 4) is 0 Å². The van der Waals surface area contributed by atoms with Crippen LogP contribution in [0.4, 0.5) is 0 Å². The SMILES string of the molecule is CN(Cc1ccc(Br)c(Cl)c1)CC1CCCN1. The van der Waals surface area contributed by atoms with Crippen molar-refractivity contribution in [1.82, 2.24) is 10.2 Å². The Morgan fingerprint density at radius 1 is 1.53 bits per heavy atom. The minimum atomic E-state index is 0.658. The Bertz CT molecular complexity index is 378. The molecule has 1 aliphatic rings. The number of halogens is 2. The van der Waals surface area contributed by atoms with Crippen LogP contribution in [0, 0.1) is 0 Å². The normalized spacial score (nSPS) is 20.1. The fourth-order valence-corrected chi connectivity index (χ4v) is 2.75. The lowest BCUT2D eigenvalue weighted by molar-refractivity contribution is 0.293. The molecule has 1 aromatic rings. The summed E-state index contributed by atoms with van der Waals surface area (Å²) in [5, 5.41) is 4.31. The van der Waals surface area contributed by atoms with Crippen LogP contribution in [0.15, 0.2) is 22.7 Å². The van der Waals surface area contributed by atoms with E-state index in [-0.39, 0.29) is 0 Å². The second-order valence-corrected chi connectivity index (χ2v) is 6.00. The van der Waals surface area contributed by atoms with Crippen molar-refractivity contribution in [2.24, 2.45) is 0 Å². The summed E-state index contributed by atoms with van der Waals surface area (Å²) in [4.78, 5) is 2.35. The van der Waals surface area contributed by atoms with Crippen molar-refractivity contribution in [2.45, 2.75) is 25.4 Å². The first-order valence-electron chi connectivity index (χ1n) is 6.01. The summed E-state index contributed by atoms with van der Waals surface area (Å²) in [5.74, 6) is 0. The molecule has 0 saturated carbocycles. The Morgan fingerprint density at radius 3 is 3.00 bits per heavy atom. The van der Waals surface area contributed by atoms with Gasteiger partial charge < -0.3 is 10.2 Å². The summed E-state index contributed by atoms with van der Waals surface area (Å²) in [7, 11) is 2.16. The van der Waals surface area contributed by atoms with Gasteiger partial charge in [0.2, 0.25) is 0 Å². The number of hydrogen-bond donors (Lipinski definition) is 1. The maximum Gasteiger partial charge on any atom is 0.0551 e. The lowest BCUT2D eigenvalue weighted by Gasteiger charge is -2.21. The lowest BCUT2D eigenvalue weighted by atomic mass is 10.2. The zero-order chi connectivity index (χ0) is 12.3. The van der Waals surface area contributed by atoms with E-state index < -0.39 is 0 Å². The van der Waals surface area contributed by atoms with Gasteiger partial charge in [-0.25, -0.2) is 0 Å². The first-order chi connectivity index (χ1) is 8.15. The van der Waals surface area contributed by atoms with Crippen LogP contribution in [-0.4, -0.2) is 31.1 Å². The molecule has 1 aliphatic heterocycles. The molecule has 0 aliphatic carbocycles. The summed E-state index contributed by atoms with van der Waals surface area (Å²) in [6.45, 7) is 3.22. The molecule has 1 unspecified atom stereocenters. The largest absolute Gasteiger partial charge is 0.313 e. The van der Waals surface area contributed by atoms with Crippen molar-refractivity contribution in [2.75, 3.05) is 20.1 Å². The Labute approximate surface area is 116 Å². The zero-order valence-corrected chi connectivity index (χ0v) is 12.4. The Hall–Kier alpha value is -0.0900. The van der Waals surface area contributed by atoms with Crippen LogP contribution in [0.5, 0.6) is 0 Å². The van der Waals surface area contributed by atoms with E-state index in [1.165, 1.54) is 24.9 Å². The van der Waals surface area contributed by atoms with E-state index in [9.17, 15) is 0 Å². The van der Waals surface area contributed by atoms with Gasteiger partial charge in [-0.3, -0.25) is 0 Å². The highest BCUT2D eigenvalue weighted by Crippen LogP contribution is 2.23. The highest BCUT2D eigenvalue weighted by molar-refractivity contribution is 9.10. The molecule has 1 heterocycles. The number of hydrogen-bond acceptors (Lipinski definition) is 2. The number of benzene rings is 1. The van der Waals surface area contributed by atoms with Crippen LogP contribution in [0.1, 0.15) is 18.4 Å². The van der Waals surface area contributed by atoms with Crippen LogP contribution in [-0.2, 0) is 6.54 Å². The summed E-state index contributed by atoms with van der Waals surface area (Å²) in [6, 6.07) is 6.82. The Morgan fingerprint density at radius 2 is 2.35 bits per heavy atom. The highest BCUT2D eigenvalue weighted by Gasteiger charge is 2.15. The smallest absolute Gasteiger partial charge is 0.0551 e. The van der Waals surface area contributed by atoms with Gasteiger partial charge in [0.05, 0.1) is 5.02 Å². The number of likely N-dealkylation sites (N-methyl/N-ethyl adjacent to an activating group) is 1. The molecule has 2 nitrogen and oxygen atoms in total. The van der Waals surface area contributed by atoms with Gasteiger partial charge >= 0.3 is 0 Å². The maximum absolute atomic E-state index is 6.09. The standard InChI is InChI=1S/C13H18BrClN2/c1-17(9-11-3-2-6-16-11)8-10-4-5-12(14)13(15)7-10/h4-5,7,11,16H,2-3,6,8-9H2,1H3. The van der Waals surface area contributed by atoms with E-state index in [4.69, 9.17) is 11.6 Å². The average Bonchev–Trinajstić information content (AvgIpc) is 2.76. The summed E-state index contributed by atoms with van der Waals surface area (Å²) in [5.41, 5.74) is 1.26. The third kappa shape index (κ3) is 3.95. The van der Waals surface area contributed by atoms with Gasteiger partial charge in [0, 0.05) is 23.6 Å². The van der Waals surface area contributed by atoms with Crippen molar-refractivity contribution in [1.29, 1.82) is 0 Å². The van der Waals surface area contributed by atoms with Gasteiger partial charge in [-0.05, 0) is 60.1 Å². The zero-order valence-electron chi connectivity index (χ0n) is 10.0. The first-order valence-corrected chi connectivity index (χ1v) is 7.18. The lowest BCUT2D eigenvalue weighted by Crippen LogP contribution is -2.34. The van der Waals surface area contributed by atoms with E-state index >= 15 is 0 Å². The minimum absolute atomic E-state index is 0.658. The molecule has 2 rings (SSSR count). The molecular formula is C13H18BrClN2. The van der Waals surface area contributed by atoms with Gasteiger partial charge in [0.15, 0.2) is 0 Å². The monoisotopic (exact) mass is 316 g/mol. The highest BCUT2D eigenvalue weighted by atomic mass is 79.9. The second kappa shape index (κ2) is 6.19. The second-order valence-electron chi connectivity index (χ2n) is 4.74. The van der Waals surface area contributed by atoms with Crippen LogP contribution < -0.4 is 5.32 Å². The molecule has 0 aromatic heterocycles. The van der Waals surface area contributed by atoms with E-state index in [1.807, 2.05) is 12.1 Å². The van der Waals surface area contributed by atoms with Crippen LogP contribution in [0.3, 0.4) is 0 Å². The van der Waals surface area contributed by atoms with E-state index in [0.717, 1.165) is 22.6 Å². The molecule has 1 aromatic carbocycles. The van der Waals surface area contributed by atoms with Gasteiger partial charge in [-0.2, -0.15) is 0 Å². The molecule has 0 radical (unpaired) electrons. The topological polar surface area (TPSA) is 15.3 Å². The van der Waals surface area contributed by atoms with Crippen molar-refractivity contribution in [3.05, 3.63) is 33.3 Å². The predicted octanol–water partition coefficient (Wildman–Crippen LogP) is 3.29. The summed E-state index contributed by atoms with van der Waals surface area (Å²) < 4.78 is 0.961. The van der Waals surface area contributed by atoms with E-state index in [2.05, 4.69) is 39.3 Å². The van der Waals surface area contributed by atoms with Gasteiger partial charge in [0.25, 0.3) is 0 Å². The molecule has 94 valence electrons. The fraction of sp³-hybridized carbons (Fsp3) is 0.538. The third-order valence-corrected chi connectivity index (χ3v) is 4.36. The molecule has 0 bridgehead atoms.